The lowest BCUT2D eigenvalue weighted by atomic mass is 10.2. The van der Waals surface area contributed by atoms with Crippen molar-refractivity contribution in [3.05, 3.63) is 23.2 Å². The molecule has 0 radical (unpaired) electrons. The second-order valence-electron chi connectivity index (χ2n) is 3.91. The maximum absolute atomic E-state index is 11.5. The minimum atomic E-state index is 0.194. The van der Waals surface area contributed by atoms with Crippen LogP contribution in [-0.2, 0) is 11.3 Å². The number of hydrogen-bond acceptors (Lipinski definition) is 3. The van der Waals surface area contributed by atoms with Gasteiger partial charge in [0.15, 0.2) is 0 Å². The van der Waals surface area contributed by atoms with Crippen molar-refractivity contribution in [2.45, 2.75) is 19.9 Å². The molecule has 1 aliphatic heterocycles. The van der Waals surface area contributed by atoms with Crippen LogP contribution in [0.5, 0.6) is 0 Å². The van der Waals surface area contributed by atoms with Gasteiger partial charge in [-0.05, 0) is 5.92 Å². The van der Waals surface area contributed by atoms with Crippen LogP contribution in [0.3, 0.4) is 0 Å². The molecule has 0 bridgehead atoms. The van der Waals surface area contributed by atoms with E-state index in [0.29, 0.717) is 24.0 Å². The Morgan fingerprint density at radius 3 is 2.87 bits per heavy atom. The SMILES string of the molecule is CC1CC(=O)N(Cc2cnc(Cl)cn2)C1. The minimum Gasteiger partial charge on any atom is -0.336 e. The molecule has 0 aromatic carbocycles. The number of likely N-dealkylation sites (tertiary alicyclic amines) is 1. The van der Waals surface area contributed by atoms with Gasteiger partial charge in [-0.1, -0.05) is 18.5 Å². The highest BCUT2D eigenvalue weighted by molar-refractivity contribution is 6.29. The van der Waals surface area contributed by atoms with Crippen LogP contribution >= 0.6 is 11.6 Å². The van der Waals surface area contributed by atoms with Gasteiger partial charge in [-0.2, -0.15) is 0 Å². The summed E-state index contributed by atoms with van der Waals surface area (Å²) in [6.45, 7) is 3.42. The molecule has 0 aliphatic carbocycles. The van der Waals surface area contributed by atoms with E-state index in [0.717, 1.165) is 12.2 Å². The molecule has 1 fully saturated rings. The van der Waals surface area contributed by atoms with Gasteiger partial charge in [-0.15, -0.1) is 0 Å². The zero-order valence-electron chi connectivity index (χ0n) is 8.48. The van der Waals surface area contributed by atoms with Crippen molar-refractivity contribution in [2.75, 3.05) is 6.54 Å². The number of nitrogens with zero attached hydrogens (tertiary/aromatic N) is 3. The Bertz CT molecular complexity index is 365. The van der Waals surface area contributed by atoms with Crippen molar-refractivity contribution in [1.82, 2.24) is 14.9 Å². The molecular weight excluding hydrogens is 214 g/mol. The number of halogens is 1. The van der Waals surface area contributed by atoms with Gasteiger partial charge in [0.1, 0.15) is 5.15 Å². The van der Waals surface area contributed by atoms with Crippen LogP contribution < -0.4 is 0 Å². The van der Waals surface area contributed by atoms with E-state index in [4.69, 9.17) is 11.6 Å². The highest BCUT2D eigenvalue weighted by Crippen LogP contribution is 2.18. The van der Waals surface area contributed by atoms with Crippen LogP contribution in [0.1, 0.15) is 19.0 Å². The Labute approximate surface area is 93.3 Å². The standard InChI is InChI=1S/C10H12ClN3O/c1-7-2-10(15)14(5-7)6-8-3-13-9(11)4-12-8/h3-4,7H,2,5-6H2,1H3. The van der Waals surface area contributed by atoms with E-state index in [2.05, 4.69) is 16.9 Å². The molecule has 15 heavy (non-hydrogen) atoms. The maximum Gasteiger partial charge on any atom is 0.223 e. The average molecular weight is 226 g/mol. The van der Waals surface area contributed by atoms with Crippen molar-refractivity contribution >= 4 is 17.5 Å². The molecule has 4 nitrogen and oxygen atoms in total. The number of carbonyl (C=O) groups is 1. The van der Waals surface area contributed by atoms with E-state index >= 15 is 0 Å². The molecule has 80 valence electrons. The smallest absolute Gasteiger partial charge is 0.223 e. The quantitative estimate of drug-likeness (QED) is 0.766. The van der Waals surface area contributed by atoms with Gasteiger partial charge in [0.25, 0.3) is 0 Å². The van der Waals surface area contributed by atoms with Crippen molar-refractivity contribution in [1.29, 1.82) is 0 Å². The lowest BCUT2D eigenvalue weighted by Crippen LogP contribution is -2.24. The zero-order chi connectivity index (χ0) is 10.8. The molecule has 1 amide bonds. The number of amides is 1. The molecular formula is C10H12ClN3O. The summed E-state index contributed by atoms with van der Waals surface area (Å²) >= 11 is 5.63. The van der Waals surface area contributed by atoms with Gasteiger partial charge < -0.3 is 4.90 Å². The molecule has 0 spiro atoms. The summed E-state index contributed by atoms with van der Waals surface area (Å²) in [4.78, 5) is 21.4. The van der Waals surface area contributed by atoms with Crippen LogP contribution in [0.4, 0.5) is 0 Å². The van der Waals surface area contributed by atoms with Gasteiger partial charge in [-0.3, -0.25) is 9.78 Å². The lowest BCUT2D eigenvalue weighted by molar-refractivity contribution is -0.128. The van der Waals surface area contributed by atoms with Gasteiger partial charge in [0, 0.05) is 13.0 Å². The van der Waals surface area contributed by atoms with Crippen LogP contribution in [0.2, 0.25) is 5.15 Å². The topological polar surface area (TPSA) is 46.1 Å². The molecule has 1 saturated heterocycles. The number of hydrogen-bond donors (Lipinski definition) is 0. The third kappa shape index (κ3) is 2.45. The molecule has 0 saturated carbocycles. The summed E-state index contributed by atoms with van der Waals surface area (Å²) in [5.41, 5.74) is 0.779. The number of aromatic nitrogens is 2. The molecule has 1 atom stereocenters. The fourth-order valence-electron chi connectivity index (χ4n) is 1.74. The van der Waals surface area contributed by atoms with Crippen molar-refractivity contribution < 1.29 is 4.79 Å². The Kier molecular flexibility index (Phi) is 2.86. The molecule has 1 aromatic heterocycles. The van der Waals surface area contributed by atoms with Gasteiger partial charge in [0.2, 0.25) is 5.91 Å². The lowest BCUT2D eigenvalue weighted by Gasteiger charge is -2.14. The number of rotatable bonds is 2. The fourth-order valence-corrected chi connectivity index (χ4v) is 1.84. The van der Waals surface area contributed by atoms with Crippen LogP contribution in [0.15, 0.2) is 12.4 Å². The maximum atomic E-state index is 11.5. The Morgan fingerprint density at radius 1 is 1.53 bits per heavy atom. The molecule has 1 aromatic rings. The summed E-state index contributed by atoms with van der Waals surface area (Å²) in [5.74, 6) is 0.636. The van der Waals surface area contributed by atoms with E-state index in [1.165, 1.54) is 6.20 Å². The average Bonchev–Trinajstić information content (AvgIpc) is 2.49. The molecule has 2 heterocycles. The summed E-state index contributed by atoms with van der Waals surface area (Å²) in [6.07, 6.45) is 3.75. The van der Waals surface area contributed by atoms with E-state index in [1.807, 2.05) is 4.90 Å². The third-order valence-corrected chi connectivity index (χ3v) is 2.63. The monoisotopic (exact) mass is 225 g/mol. The molecule has 1 aliphatic rings. The predicted octanol–water partition coefficient (Wildman–Crippen LogP) is 1.50. The second-order valence-corrected chi connectivity index (χ2v) is 4.30. The Balaban J connectivity index is 2.03. The first-order valence-electron chi connectivity index (χ1n) is 4.89. The van der Waals surface area contributed by atoms with Crippen molar-refractivity contribution in [3.63, 3.8) is 0 Å². The first-order chi connectivity index (χ1) is 7.15. The van der Waals surface area contributed by atoms with Crippen LogP contribution in [-0.4, -0.2) is 27.3 Å². The van der Waals surface area contributed by atoms with Crippen molar-refractivity contribution in [2.24, 2.45) is 5.92 Å². The van der Waals surface area contributed by atoms with E-state index in [9.17, 15) is 4.79 Å². The van der Waals surface area contributed by atoms with Crippen molar-refractivity contribution in [3.8, 4) is 0 Å². The first-order valence-corrected chi connectivity index (χ1v) is 5.27. The van der Waals surface area contributed by atoms with Crippen LogP contribution in [0.25, 0.3) is 0 Å². The molecule has 2 rings (SSSR count). The first kappa shape index (κ1) is 10.4. The van der Waals surface area contributed by atoms with E-state index < -0.39 is 0 Å². The molecule has 5 heteroatoms. The van der Waals surface area contributed by atoms with Gasteiger partial charge in [-0.25, -0.2) is 4.98 Å². The van der Waals surface area contributed by atoms with Gasteiger partial charge >= 0.3 is 0 Å². The van der Waals surface area contributed by atoms with Crippen LogP contribution in [0, 0.1) is 5.92 Å². The minimum absolute atomic E-state index is 0.194. The zero-order valence-corrected chi connectivity index (χ0v) is 9.24. The second kappa shape index (κ2) is 4.14. The number of carbonyl (C=O) groups excluding carboxylic acids is 1. The Morgan fingerprint density at radius 2 is 2.33 bits per heavy atom. The highest BCUT2D eigenvalue weighted by Gasteiger charge is 2.26. The normalized spacial score (nSPS) is 21.1. The third-order valence-electron chi connectivity index (χ3n) is 2.43. The summed E-state index contributed by atoms with van der Waals surface area (Å²) in [5, 5.41) is 0.375. The summed E-state index contributed by atoms with van der Waals surface area (Å²) in [7, 11) is 0. The predicted molar refractivity (Wildman–Crippen MR) is 56.2 cm³/mol. The fraction of sp³-hybridized carbons (Fsp3) is 0.500. The van der Waals surface area contributed by atoms with Gasteiger partial charge in [0.05, 0.1) is 24.6 Å². The van der Waals surface area contributed by atoms with E-state index in [1.54, 1.807) is 6.20 Å². The molecule has 1 unspecified atom stereocenters. The Hall–Kier alpha value is -1.16. The summed E-state index contributed by atoms with van der Waals surface area (Å²) < 4.78 is 0. The highest BCUT2D eigenvalue weighted by atomic mass is 35.5. The van der Waals surface area contributed by atoms with E-state index in [-0.39, 0.29) is 5.91 Å². The largest absolute Gasteiger partial charge is 0.336 e. The molecule has 0 N–H and O–H groups in total. The summed E-state index contributed by atoms with van der Waals surface area (Å²) in [6, 6.07) is 0.